The van der Waals surface area contributed by atoms with Crippen molar-refractivity contribution < 1.29 is 9.53 Å². The van der Waals surface area contributed by atoms with Crippen LogP contribution in [0.1, 0.15) is 18.4 Å². The first-order valence-electron chi connectivity index (χ1n) is 6.00. The summed E-state index contributed by atoms with van der Waals surface area (Å²) >= 11 is 5.76. The minimum Gasteiger partial charge on any atom is -0.453 e. The Morgan fingerprint density at radius 1 is 1.50 bits per heavy atom. The van der Waals surface area contributed by atoms with Crippen LogP contribution in [-0.4, -0.2) is 28.5 Å². The fourth-order valence-electron chi connectivity index (χ4n) is 2.44. The van der Waals surface area contributed by atoms with Gasteiger partial charge in [-0.1, -0.05) is 17.7 Å². The lowest BCUT2D eigenvalue weighted by atomic mass is 10.0. The fraction of sp³-hybridized carbons (Fsp3) is 0.385. The maximum absolute atomic E-state index is 11.3. The van der Waals surface area contributed by atoms with Gasteiger partial charge in [0, 0.05) is 25.4 Å². The van der Waals surface area contributed by atoms with Gasteiger partial charge in [0.1, 0.15) is 11.3 Å². The van der Waals surface area contributed by atoms with Crippen molar-refractivity contribution in [2.24, 2.45) is 0 Å². The van der Waals surface area contributed by atoms with Gasteiger partial charge in [-0.05, 0) is 24.5 Å². The Balaban J connectivity index is 1.77. The van der Waals surface area contributed by atoms with Crippen LogP contribution in [0.4, 0.5) is 0 Å². The number of carbonyl (C=O) groups is 1. The van der Waals surface area contributed by atoms with Crippen LogP contribution in [0.15, 0.2) is 30.1 Å². The molecular weight excluding hydrogens is 252 g/mol. The molecule has 0 spiro atoms. The Hall–Kier alpha value is -1.55. The summed E-state index contributed by atoms with van der Waals surface area (Å²) in [7, 11) is 0. The zero-order valence-corrected chi connectivity index (χ0v) is 10.6. The molecule has 18 heavy (non-hydrogen) atoms. The molecule has 1 aromatic rings. The smallest absolute Gasteiger partial charge is 0.333 e. The molecule has 0 unspecified atom stereocenters. The fourth-order valence-corrected chi connectivity index (χ4v) is 2.55. The molecule has 3 heterocycles. The number of rotatable bonds is 2. The second kappa shape index (κ2) is 4.61. The largest absolute Gasteiger partial charge is 0.453 e. The van der Waals surface area contributed by atoms with Crippen molar-refractivity contribution in [3.05, 3.63) is 40.8 Å². The maximum Gasteiger partial charge on any atom is 0.333 e. The standard InChI is InChI=1S/C13H13ClN2O2/c14-12-4-3-9(7-15-12)8-16-5-1-2-11-10(16)6-13(17)18-11/h3-4,6-7,11H,1-2,5,8H2/t11-/m0/s1. The lowest BCUT2D eigenvalue weighted by molar-refractivity contribution is -0.139. The van der Waals surface area contributed by atoms with Crippen molar-refractivity contribution in [1.82, 2.24) is 9.88 Å². The van der Waals surface area contributed by atoms with Gasteiger partial charge in [-0.2, -0.15) is 0 Å². The zero-order valence-electron chi connectivity index (χ0n) is 9.80. The molecule has 94 valence electrons. The molecule has 0 aromatic carbocycles. The van der Waals surface area contributed by atoms with Gasteiger partial charge in [0.25, 0.3) is 0 Å². The Bertz CT molecular complexity index is 498. The van der Waals surface area contributed by atoms with Gasteiger partial charge < -0.3 is 9.64 Å². The number of likely N-dealkylation sites (tertiary alicyclic amines) is 1. The van der Waals surface area contributed by atoms with Gasteiger partial charge in [0.2, 0.25) is 0 Å². The van der Waals surface area contributed by atoms with Crippen LogP contribution in [-0.2, 0) is 16.1 Å². The molecule has 0 bridgehead atoms. The van der Waals surface area contributed by atoms with E-state index >= 15 is 0 Å². The maximum atomic E-state index is 11.3. The van der Waals surface area contributed by atoms with E-state index in [1.165, 1.54) is 0 Å². The van der Waals surface area contributed by atoms with Crippen molar-refractivity contribution in [2.45, 2.75) is 25.5 Å². The topological polar surface area (TPSA) is 42.4 Å². The second-order valence-electron chi connectivity index (χ2n) is 4.55. The average Bonchev–Trinajstić information content (AvgIpc) is 2.73. The summed E-state index contributed by atoms with van der Waals surface area (Å²) in [5.74, 6) is -0.226. The van der Waals surface area contributed by atoms with E-state index in [2.05, 4.69) is 9.88 Å². The number of esters is 1. The van der Waals surface area contributed by atoms with Crippen molar-refractivity contribution in [1.29, 1.82) is 0 Å². The number of fused-ring (bicyclic) bond motifs is 1. The summed E-state index contributed by atoms with van der Waals surface area (Å²) < 4.78 is 5.24. The third-order valence-corrected chi connectivity index (χ3v) is 3.50. The molecule has 1 fully saturated rings. The predicted octanol–water partition coefficient (Wildman–Crippen LogP) is 2.14. The number of hydrogen-bond donors (Lipinski definition) is 0. The molecule has 0 aliphatic carbocycles. The van der Waals surface area contributed by atoms with Crippen LogP contribution in [0, 0.1) is 0 Å². The molecule has 0 amide bonds. The molecular formula is C13H13ClN2O2. The van der Waals surface area contributed by atoms with Crippen LogP contribution in [0.5, 0.6) is 0 Å². The van der Waals surface area contributed by atoms with Crippen LogP contribution in [0.25, 0.3) is 0 Å². The molecule has 5 heteroatoms. The molecule has 0 saturated carbocycles. The van der Waals surface area contributed by atoms with Crippen molar-refractivity contribution >= 4 is 17.6 Å². The summed E-state index contributed by atoms with van der Waals surface area (Å²) in [4.78, 5) is 17.5. The quantitative estimate of drug-likeness (QED) is 0.606. The highest BCUT2D eigenvalue weighted by atomic mass is 35.5. The van der Waals surface area contributed by atoms with Gasteiger partial charge in [-0.15, -0.1) is 0 Å². The van der Waals surface area contributed by atoms with E-state index in [1.807, 2.05) is 6.07 Å². The van der Waals surface area contributed by atoms with Crippen molar-refractivity contribution in [3.63, 3.8) is 0 Å². The van der Waals surface area contributed by atoms with Crippen LogP contribution < -0.4 is 0 Å². The molecule has 1 aromatic heterocycles. The minimum atomic E-state index is -0.226. The summed E-state index contributed by atoms with van der Waals surface area (Å²) in [6.45, 7) is 1.69. The number of halogens is 1. The van der Waals surface area contributed by atoms with Crippen molar-refractivity contribution in [3.8, 4) is 0 Å². The number of hydrogen-bond acceptors (Lipinski definition) is 4. The van der Waals surface area contributed by atoms with E-state index in [9.17, 15) is 4.79 Å². The third-order valence-electron chi connectivity index (χ3n) is 3.28. The highest BCUT2D eigenvalue weighted by molar-refractivity contribution is 6.29. The summed E-state index contributed by atoms with van der Waals surface area (Å²) in [6, 6.07) is 3.74. The highest BCUT2D eigenvalue weighted by Crippen LogP contribution is 2.29. The SMILES string of the molecule is O=C1C=C2[C@H](CCCN2Cc2ccc(Cl)nc2)O1. The van der Waals surface area contributed by atoms with E-state index in [1.54, 1.807) is 18.3 Å². The predicted molar refractivity (Wildman–Crippen MR) is 66.9 cm³/mol. The van der Waals surface area contributed by atoms with Gasteiger partial charge in [0.05, 0.1) is 5.70 Å². The number of aromatic nitrogens is 1. The number of nitrogens with zero attached hydrogens (tertiary/aromatic N) is 2. The van der Waals surface area contributed by atoms with Gasteiger partial charge in [0.15, 0.2) is 0 Å². The van der Waals surface area contributed by atoms with Crippen LogP contribution >= 0.6 is 11.6 Å². The summed E-state index contributed by atoms with van der Waals surface area (Å²) in [5.41, 5.74) is 2.08. The van der Waals surface area contributed by atoms with Gasteiger partial charge in [-0.3, -0.25) is 0 Å². The van der Waals surface area contributed by atoms with Crippen LogP contribution in [0.2, 0.25) is 5.15 Å². The number of ether oxygens (including phenoxy) is 1. The molecule has 0 N–H and O–H groups in total. The molecule has 3 rings (SSSR count). The third kappa shape index (κ3) is 2.20. The first kappa shape index (κ1) is 11.5. The average molecular weight is 265 g/mol. The van der Waals surface area contributed by atoms with E-state index in [0.717, 1.165) is 37.2 Å². The number of piperidine rings is 1. The Morgan fingerprint density at radius 2 is 2.39 bits per heavy atom. The van der Waals surface area contributed by atoms with Gasteiger partial charge >= 0.3 is 5.97 Å². The molecule has 1 atom stereocenters. The molecule has 4 nitrogen and oxygen atoms in total. The summed E-state index contributed by atoms with van der Waals surface area (Å²) in [5, 5.41) is 0.494. The number of pyridine rings is 1. The van der Waals surface area contributed by atoms with E-state index in [4.69, 9.17) is 16.3 Å². The lowest BCUT2D eigenvalue weighted by Gasteiger charge is -2.33. The Kier molecular flexibility index (Phi) is 2.96. The molecule has 2 aliphatic rings. The monoisotopic (exact) mass is 264 g/mol. The molecule has 2 aliphatic heterocycles. The van der Waals surface area contributed by atoms with E-state index in [0.29, 0.717) is 5.15 Å². The molecule has 0 radical (unpaired) electrons. The van der Waals surface area contributed by atoms with Crippen molar-refractivity contribution in [2.75, 3.05) is 6.54 Å². The minimum absolute atomic E-state index is 0.0495. The summed E-state index contributed by atoms with van der Waals surface area (Å²) in [6.07, 6.45) is 5.28. The van der Waals surface area contributed by atoms with E-state index in [-0.39, 0.29) is 12.1 Å². The second-order valence-corrected chi connectivity index (χ2v) is 4.93. The van der Waals surface area contributed by atoms with Gasteiger partial charge in [-0.25, -0.2) is 9.78 Å². The van der Waals surface area contributed by atoms with E-state index < -0.39 is 0 Å². The normalized spacial score (nSPS) is 22.5. The lowest BCUT2D eigenvalue weighted by Crippen LogP contribution is -2.34. The Labute approximate surface area is 110 Å². The number of carbonyl (C=O) groups excluding carboxylic acids is 1. The molecule has 1 saturated heterocycles. The van der Waals surface area contributed by atoms with Crippen LogP contribution in [0.3, 0.4) is 0 Å². The first-order chi connectivity index (χ1) is 8.72. The Morgan fingerprint density at radius 3 is 3.17 bits per heavy atom. The highest BCUT2D eigenvalue weighted by Gasteiger charge is 2.33. The first-order valence-corrected chi connectivity index (χ1v) is 6.38. The zero-order chi connectivity index (χ0) is 12.5.